The van der Waals surface area contributed by atoms with E-state index in [4.69, 9.17) is 11.6 Å². The zero-order chi connectivity index (χ0) is 20.9. The zero-order valence-electron chi connectivity index (χ0n) is 16.7. The number of nitrogens with zero attached hydrogens (tertiary/aromatic N) is 3. The molecule has 2 N–H and O–H groups in total. The maximum absolute atomic E-state index is 6.07. The molecule has 30 heavy (non-hydrogen) atoms. The quantitative estimate of drug-likeness (QED) is 0.338. The second-order valence-corrected chi connectivity index (χ2v) is 8.55. The molecule has 2 heterocycles. The van der Waals surface area contributed by atoms with Crippen LogP contribution < -0.4 is 10.6 Å². The molecule has 0 bridgehead atoms. The van der Waals surface area contributed by atoms with Crippen molar-refractivity contribution >= 4 is 60.7 Å². The van der Waals surface area contributed by atoms with E-state index in [2.05, 4.69) is 54.5 Å². The number of benzene rings is 2. The van der Waals surface area contributed by atoms with Crippen LogP contribution >= 0.6 is 27.5 Å². The number of rotatable bonds is 8. The van der Waals surface area contributed by atoms with E-state index in [1.165, 1.54) is 0 Å². The molecule has 0 aliphatic heterocycles. The fraction of sp³-hybridized carbons (Fsp3) is 0.217. The molecule has 2 aromatic carbocycles. The molecule has 0 unspecified atom stereocenters. The van der Waals surface area contributed by atoms with E-state index in [1.807, 2.05) is 54.9 Å². The van der Waals surface area contributed by atoms with Gasteiger partial charge in [-0.3, -0.25) is 9.97 Å². The highest BCUT2D eigenvalue weighted by Crippen LogP contribution is 2.25. The van der Waals surface area contributed by atoms with Crippen molar-refractivity contribution in [2.75, 3.05) is 43.9 Å². The highest BCUT2D eigenvalue weighted by Gasteiger charge is 2.05. The Balaban J connectivity index is 1.28. The van der Waals surface area contributed by atoms with Crippen molar-refractivity contribution in [3.8, 4) is 0 Å². The largest absolute Gasteiger partial charge is 0.383 e. The first kappa shape index (κ1) is 20.8. The smallest absolute Gasteiger partial charge is 0.0737 e. The summed E-state index contributed by atoms with van der Waals surface area (Å²) in [6.45, 7) is 3.59. The molecule has 0 aliphatic carbocycles. The molecule has 0 atom stereocenters. The number of hydrogen-bond donors (Lipinski definition) is 2. The van der Waals surface area contributed by atoms with E-state index in [-0.39, 0.29) is 0 Å². The third-order valence-corrected chi connectivity index (χ3v) is 5.76. The minimum atomic E-state index is 0.703. The Labute approximate surface area is 189 Å². The van der Waals surface area contributed by atoms with Gasteiger partial charge >= 0.3 is 0 Å². The van der Waals surface area contributed by atoms with Crippen molar-refractivity contribution in [2.45, 2.75) is 0 Å². The number of halogens is 2. The standard InChI is InChI=1S/C23H23BrClN5/c1-30(12-10-28-20-6-8-26-22-14-16(24)2-4-18(20)22)13-11-29-21-7-9-27-23-15-17(25)3-5-19(21)23/h2-9,14-15H,10-13H2,1H3,(H,26,28)(H,27,29). The molecule has 154 valence electrons. The van der Waals surface area contributed by atoms with Gasteiger partial charge < -0.3 is 15.5 Å². The Hall–Kier alpha value is -2.41. The third-order valence-electron chi connectivity index (χ3n) is 5.03. The van der Waals surface area contributed by atoms with Crippen molar-refractivity contribution in [3.05, 3.63) is 70.4 Å². The Morgan fingerprint density at radius 1 is 0.833 bits per heavy atom. The predicted octanol–water partition coefficient (Wildman–Crippen LogP) is 5.65. The average Bonchev–Trinajstić information content (AvgIpc) is 2.73. The van der Waals surface area contributed by atoms with Crippen molar-refractivity contribution < 1.29 is 0 Å². The van der Waals surface area contributed by atoms with Gasteiger partial charge in [0.05, 0.1) is 11.0 Å². The second-order valence-electron chi connectivity index (χ2n) is 7.20. The molecule has 0 fully saturated rings. The first-order valence-electron chi connectivity index (χ1n) is 9.85. The van der Waals surface area contributed by atoms with Gasteiger partial charge in [0.1, 0.15) is 0 Å². The number of anilines is 2. The molecule has 4 aromatic rings. The molecular weight excluding hydrogens is 462 g/mol. The van der Waals surface area contributed by atoms with Crippen LogP contribution in [-0.4, -0.2) is 48.1 Å². The van der Waals surface area contributed by atoms with Crippen LogP contribution in [0.1, 0.15) is 0 Å². The Morgan fingerprint density at radius 2 is 1.40 bits per heavy atom. The van der Waals surface area contributed by atoms with Crippen LogP contribution in [0.15, 0.2) is 65.4 Å². The lowest BCUT2D eigenvalue weighted by atomic mass is 10.2. The summed E-state index contributed by atoms with van der Waals surface area (Å²) < 4.78 is 1.04. The highest BCUT2D eigenvalue weighted by molar-refractivity contribution is 9.10. The maximum Gasteiger partial charge on any atom is 0.0737 e. The van der Waals surface area contributed by atoms with Crippen LogP contribution in [0.5, 0.6) is 0 Å². The molecular formula is C23H23BrClN5. The van der Waals surface area contributed by atoms with Crippen molar-refractivity contribution in [1.29, 1.82) is 0 Å². The number of nitrogens with one attached hydrogen (secondary N) is 2. The first-order chi connectivity index (χ1) is 14.6. The van der Waals surface area contributed by atoms with E-state index < -0.39 is 0 Å². The lowest BCUT2D eigenvalue weighted by molar-refractivity contribution is 0.361. The minimum Gasteiger partial charge on any atom is -0.383 e. The number of pyridine rings is 2. The normalized spacial score (nSPS) is 11.3. The van der Waals surface area contributed by atoms with Gasteiger partial charge in [-0.1, -0.05) is 27.5 Å². The Bertz CT molecular complexity index is 1080. The summed E-state index contributed by atoms with van der Waals surface area (Å²) in [7, 11) is 2.13. The summed E-state index contributed by atoms with van der Waals surface area (Å²) in [5.74, 6) is 0. The zero-order valence-corrected chi connectivity index (χ0v) is 19.0. The van der Waals surface area contributed by atoms with Crippen LogP contribution in [0.2, 0.25) is 5.02 Å². The predicted molar refractivity (Wildman–Crippen MR) is 131 cm³/mol. The van der Waals surface area contributed by atoms with E-state index in [9.17, 15) is 0 Å². The lowest BCUT2D eigenvalue weighted by Crippen LogP contribution is -2.29. The summed E-state index contributed by atoms with van der Waals surface area (Å²) in [5.41, 5.74) is 4.08. The molecule has 0 aliphatic rings. The van der Waals surface area contributed by atoms with E-state index in [0.717, 1.165) is 63.8 Å². The molecule has 0 radical (unpaired) electrons. The topological polar surface area (TPSA) is 53.1 Å². The van der Waals surface area contributed by atoms with Gasteiger partial charge in [-0.15, -0.1) is 0 Å². The van der Waals surface area contributed by atoms with E-state index in [0.29, 0.717) is 5.02 Å². The van der Waals surface area contributed by atoms with Gasteiger partial charge in [-0.25, -0.2) is 0 Å². The molecule has 2 aromatic heterocycles. The average molecular weight is 485 g/mol. The maximum atomic E-state index is 6.07. The van der Waals surface area contributed by atoms with Crippen molar-refractivity contribution in [1.82, 2.24) is 14.9 Å². The van der Waals surface area contributed by atoms with Gasteiger partial charge in [0.25, 0.3) is 0 Å². The van der Waals surface area contributed by atoms with Gasteiger partial charge in [0, 0.05) is 70.2 Å². The van der Waals surface area contributed by atoms with Gasteiger partial charge in [0.2, 0.25) is 0 Å². The minimum absolute atomic E-state index is 0.703. The number of fused-ring (bicyclic) bond motifs is 2. The van der Waals surface area contributed by atoms with E-state index in [1.54, 1.807) is 0 Å². The van der Waals surface area contributed by atoms with Crippen molar-refractivity contribution in [2.24, 2.45) is 0 Å². The van der Waals surface area contributed by atoms with Crippen molar-refractivity contribution in [3.63, 3.8) is 0 Å². The Kier molecular flexibility index (Phi) is 6.67. The second kappa shape index (κ2) is 9.60. The van der Waals surface area contributed by atoms with Gasteiger partial charge in [-0.05, 0) is 55.6 Å². The number of likely N-dealkylation sites (N-methyl/N-ethyl adjacent to an activating group) is 1. The van der Waals surface area contributed by atoms with Crippen LogP contribution in [0, 0.1) is 0 Å². The molecule has 7 heteroatoms. The van der Waals surface area contributed by atoms with Crippen LogP contribution in [0.3, 0.4) is 0 Å². The van der Waals surface area contributed by atoms with Crippen LogP contribution in [0.25, 0.3) is 21.8 Å². The number of hydrogen-bond acceptors (Lipinski definition) is 5. The molecule has 0 spiro atoms. The SMILES string of the molecule is CN(CCNc1ccnc2cc(Cl)ccc12)CCNc1ccnc2cc(Br)ccc12. The van der Waals surface area contributed by atoms with Crippen LogP contribution in [-0.2, 0) is 0 Å². The Morgan fingerprint density at radius 3 is 2.03 bits per heavy atom. The molecule has 4 rings (SSSR count). The highest BCUT2D eigenvalue weighted by atomic mass is 79.9. The lowest BCUT2D eigenvalue weighted by Gasteiger charge is -2.19. The van der Waals surface area contributed by atoms with Gasteiger partial charge in [-0.2, -0.15) is 0 Å². The third kappa shape index (κ3) is 5.01. The fourth-order valence-electron chi connectivity index (χ4n) is 3.43. The summed E-state index contributed by atoms with van der Waals surface area (Å²) >= 11 is 9.57. The summed E-state index contributed by atoms with van der Waals surface area (Å²) in [6.07, 6.45) is 3.66. The number of aromatic nitrogens is 2. The monoisotopic (exact) mass is 483 g/mol. The summed E-state index contributed by atoms with van der Waals surface area (Å²) in [4.78, 5) is 11.1. The van der Waals surface area contributed by atoms with Crippen LogP contribution in [0.4, 0.5) is 11.4 Å². The molecule has 0 amide bonds. The fourth-order valence-corrected chi connectivity index (χ4v) is 3.94. The van der Waals surface area contributed by atoms with Gasteiger partial charge in [0.15, 0.2) is 0 Å². The first-order valence-corrected chi connectivity index (χ1v) is 11.0. The molecule has 0 saturated heterocycles. The summed E-state index contributed by atoms with van der Waals surface area (Å²) in [6, 6.07) is 16.0. The molecule has 5 nitrogen and oxygen atoms in total. The summed E-state index contributed by atoms with van der Waals surface area (Å²) in [5, 5.41) is 9.98. The van der Waals surface area contributed by atoms with E-state index >= 15 is 0 Å². The molecule has 0 saturated carbocycles.